The van der Waals surface area contributed by atoms with E-state index in [0.29, 0.717) is 31.0 Å². The highest BCUT2D eigenvalue weighted by atomic mass is 16.2. The number of carbonyl (C=O) groups is 1. The van der Waals surface area contributed by atoms with Gasteiger partial charge in [-0.15, -0.1) is 0 Å². The van der Waals surface area contributed by atoms with E-state index in [0.717, 1.165) is 6.42 Å². The van der Waals surface area contributed by atoms with Gasteiger partial charge in [-0.1, -0.05) is 6.92 Å². The Labute approximate surface area is 98.8 Å². The van der Waals surface area contributed by atoms with Crippen LogP contribution in [0, 0.1) is 0 Å². The van der Waals surface area contributed by atoms with Crippen molar-refractivity contribution in [3.8, 4) is 0 Å². The molecular weight excluding hydrogens is 220 g/mol. The van der Waals surface area contributed by atoms with Crippen LogP contribution in [0.4, 0.5) is 5.82 Å². The number of nitrogens with zero attached hydrogens (tertiary/aromatic N) is 1. The quantitative estimate of drug-likeness (QED) is 0.688. The van der Waals surface area contributed by atoms with Crippen LogP contribution in [0.15, 0.2) is 10.9 Å². The lowest BCUT2D eigenvalue weighted by atomic mass is 10.2. The van der Waals surface area contributed by atoms with E-state index in [9.17, 15) is 9.59 Å². The number of nitrogens with one attached hydrogen (secondary N) is 3. The number of aryl methyl sites for hydroxylation is 1. The van der Waals surface area contributed by atoms with Crippen LogP contribution >= 0.6 is 0 Å². The Morgan fingerprint density at radius 3 is 3.00 bits per heavy atom. The highest BCUT2D eigenvalue weighted by Crippen LogP contribution is 2.07. The molecule has 1 amide bonds. The lowest BCUT2D eigenvalue weighted by Gasteiger charge is -2.11. The van der Waals surface area contributed by atoms with Gasteiger partial charge in [0.05, 0.1) is 0 Å². The molecule has 1 fully saturated rings. The van der Waals surface area contributed by atoms with Crippen molar-refractivity contribution < 1.29 is 4.79 Å². The zero-order chi connectivity index (χ0) is 12.3. The van der Waals surface area contributed by atoms with Gasteiger partial charge < -0.3 is 15.6 Å². The van der Waals surface area contributed by atoms with Crippen LogP contribution < -0.4 is 16.2 Å². The van der Waals surface area contributed by atoms with E-state index in [1.807, 2.05) is 6.92 Å². The number of aromatic amines is 1. The molecule has 0 aliphatic carbocycles. The molecule has 1 unspecified atom stereocenters. The third-order valence-electron chi connectivity index (χ3n) is 2.74. The van der Waals surface area contributed by atoms with E-state index in [2.05, 4.69) is 20.6 Å². The Hall–Kier alpha value is -1.85. The van der Waals surface area contributed by atoms with Crippen LogP contribution in [-0.2, 0) is 11.2 Å². The van der Waals surface area contributed by atoms with Gasteiger partial charge in [-0.2, -0.15) is 0 Å². The van der Waals surface area contributed by atoms with Gasteiger partial charge >= 0.3 is 0 Å². The van der Waals surface area contributed by atoms with Crippen LogP contribution in [0.1, 0.15) is 25.6 Å². The van der Waals surface area contributed by atoms with Gasteiger partial charge in [0.2, 0.25) is 5.91 Å². The fourth-order valence-corrected chi connectivity index (χ4v) is 1.82. The molecule has 6 heteroatoms. The van der Waals surface area contributed by atoms with Crippen LogP contribution in [0.3, 0.4) is 0 Å². The molecule has 6 nitrogen and oxygen atoms in total. The van der Waals surface area contributed by atoms with E-state index < -0.39 is 0 Å². The van der Waals surface area contributed by atoms with Gasteiger partial charge in [0, 0.05) is 31.5 Å². The molecule has 1 saturated heterocycles. The minimum Gasteiger partial charge on any atom is -0.368 e. The minimum atomic E-state index is -0.158. The molecule has 0 aromatic carbocycles. The molecule has 1 aliphatic heterocycles. The Balaban J connectivity index is 1.96. The number of hydrogen-bond acceptors (Lipinski definition) is 4. The summed E-state index contributed by atoms with van der Waals surface area (Å²) >= 11 is 0. The third kappa shape index (κ3) is 3.05. The van der Waals surface area contributed by atoms with Gasteiger partial charge in [0.15, 0.2) is 0 Å². The summed E-state index contributed by atoms with van der Waals surface area (Å²) in [5.74, 6) is 1.31. The summed E-state index contributed by atoms with van der Waals surface area (Å²) in [6.45, 7) is 2.53. The molecule has 17 heavy (non-hydrogen) atoms. The lowest BCUT2D eigenvalue weighted by Crippen LogP contribution is -2.32. The van der Waals surface area contributed by atoms with Gasteiger partial charge in [0.25, 0.3) is 5.56 Å². The summed E-state index contributed by atoms with van der Waals surface area (Å²) in [7, 11) is 0. The number of aromatic nitrogens is 2. The predicted octanol–water partition coefficient (Wildman–Crippen LogP) is 0.0228. The average molecular weight is 236 g/mol. The first-order valence-corrected chi connectivity index (χ1v) is 5.81. The van der Waals surface area contributed by atoms with E-state index in [1.54, 1.807) is 0 Å². The molecular formula is C11H16N4O2. The molecule has 1 aliphatic rings. The molecule has 2 heterocycles. The maximum absolute atomic E-state index is 11.3. The summed E-state index contributed by atoms with van der Waals surface area (Å²) in [6, 6.07) is 1.56. The molecule has 3 N–H and O–H groups in total. The number of hydrogen-bond donors (Lipinski definition) is 3. The van der Waals surface area contributed by atoms with Gasteiger partial charge in [0.1, 0.15) is 11.6 Å². The van der Waals surface area contributed by atoms with E-state index >= 15 is 0 Å². The monoisotopic (exact) mass is 236 g/mol. The van der Waals surface area contributed by atoms with Crippen molar-refractivity contribution in [2.24, 2.45) is 0 Å². The predicted molar refractivity (Wildman–Crippen MR) is 63.9 cm³/mol. The third-order valence-corrected chi connectivity index (χ3v) is 2.74. The van der Waals surface area contributed by atoms with Crippen molar-refractivity contribution in [3.05, 3.63) is 22.2 Å². The number of H-pyrrole nitrogens is 1. The largest absolute Gasteiger partial charge is 0.368 e. The van der Waals surface area contributed by atoms with Crippen LogP contribution in [0.25, 0.3) is 0 Å². The maximum Gasteiger partial charge on any atom is 0.252 e. The van der Waals surface area contributed by atoms with Crippen LogP contribution in [-0.4, -0.2) is 28.5 Å². The van der Waals surface area contributed by atoms with Gasteiger partial charge in [-0.25, -0.2) is 4.98 Å². The van der Waals surface area contributed by atoms with Crippen molar-refractivity contribution in [3.63, 3.8) is 0 Å². The summed E-state index contributed by atoms with van der Waals surface area (Å²) in [4.78, 5) is 29.2. The SMILES string of the molecule is CCc1nc(NCC2CCC(=O)N2)cc(=O)[nH]1. The second-order valence-electron chi connectivity index (χ2n) is 4.11. The van der Waals surface area contributed by atoms with Crippen LogP contribution in [0.5, 0.6) is 0 Å². The zero-order valence-electron chi connectivity index (χ0n) is 9.75. The maximum atomic E-state index is 11.3. The standard InChI is InChI=1S/C11H16N4O2/c1-2-8-14-9(5-11(17)15-8)12-6-7-3-4-10(16)13-7/h5,7H,2-4,6H2,1H3,(H,13,16)(H2,12,14,15,17). The molecule has 0 bridgehead atoms. The number of carbonyl (C=O) groups excluding carboxylic acids is 1. The van der Waals surface area contributed by atoms with Crippen molar-refractivity contribution in [1.82, 2.24) is 15.3 Å². The van der Waals surface area contributed by atoms with Gasteiger partial charge in [-0.05, 0) is 6.42 Å². The summed E-state index contributed by atoms with van der Waals surface area (Å²) in [6.07, 6.45) is 2.09. The van der Waals surface area contributed by atoms with E-state index in [1.165, 1.54) is 6.07 Å². The Bertz CT molecular complexity index is 469. The van der Waals surface area contributed by atoms with Crippen LogP contribution in [0.2, 0.25) is 0 Å². The van der Waals surface area contributed by atoms with E-state index in [4.69, 9.17) is 0 Å². The number of rotatable bonds is 4. The molecule has 0 saturated carbocycles. The molecule has 1 aromatic heterocycles. The Morgan fingerprint density at radius 2 is 2.35 bits per heavy atom. The molecule has 0 spiro atoms. The van der Waals surface area contributed by atoms with Gasteiger partial charge in [-0.3, -0.25) is 9.59 Å². The first-order valence-electron chi connectivity index (χ1n) is 5.81. The fourth-order valence-electron chi connectivity index (χ4n) is 1.82. The van der Waals surface area contributed by atoms with E-state index in [-0.39, 0.29) is 17.5 Å². The minimum absolute atomic E-state index is 0.0879. The lowest BCUT2D eigenvalue weighted by molar-refractivity contribution is -0.119. The molecule has 1 atom stereocenters. The second-order valence-corrected chi connectivity index (χ2v) is 4.11. The van der Waals surface area contributed by atoms with Crippen molar-refractivity contribution in [2.75, 3.05) is 11.9 Å². The van der Waals surface area contributed by atoms with Crippen molar-refractivity contribution in [1.29, 1.82) is 0 Å². The first kappa shape index (κ1) is 11.6. The summed E-state index contributed by atoms with van der Waals surface area (Å²) in [5, 5.41) is 5.93. The fraction of sp³-hybridized carbons (Fsp3) is 0.545. The molecule has 92 valence electrons. The Kier molecular flexibility index (Phi) is 3.41. The topological polar surface area (TPSA) is 86.9 Å². The summed E-state index contributed by atoms with van der Waals surface area (Å²) < 4.78 is 0. The number of anilines is 1. The molecule has 2 rings (SSSR count). The number of amides is 1. The second kappa shape index (κ2) is 4.99. The molecule has 0 radical (unpaired) electrons. The normalized spacial score (nSPS) is 19.1. The Morgan fingerprint density at radius 1 is 1.53 bits per heavy atom. The smallest absolute Gasteiger partial charge is 0.252 e. The average Bonchev–Trinajstić information content (AvgIpc) is 2.72. The highest BCUT2D eigenvalue weighted by Gasteiger charge is 2.20. The van der Waals surface area contributed by atoms with Crippen molar-refractivity contribution >= 4 is 11.7 Å². The highest BCUT2D eigenvalue weighted by molar-refractivity contribution is 5.78. The van der Waals surface area contributed by atoms with Crippen molar-refractivity contribution in [2.45, 2.75) is 32.2 Å². The zero-order valence-corrected chi connectivity index (χ0v) is 9.75. The molecule has 1 aromatic rings. The summed E-state index contributed by atoms with van der Waals surface area (Å²) in [5.41, 5.74) is -0.158. The first-order chi connectivity index (χ1) is 8.17.